The predicted octanol–water partition coefficient (Wildman–Crippen LogP) is 1.56. The molecule has 0 unspecified atom stereocenters. The lowest BCUT2D eigenvalue weighted by Crippen LogP contribution is -2.15. The summed E-state index contributed by atoms with van der Waals surface area (Å²) in [7, 11) is 4.85. The Morgan fingerprint density at radius 2 is 1.75 bits per heavy atom. The summed E-state index contributed by atoms with van der Waals surface area (Å²) in [6, 6.07) is 5.38. The van der Waals surface area contributed by atoms with Crippen molar-refractivity contribution in [1.29, 1.82) is 0 Å². The monoisotopic (exact) mass is 219 g/mol. The molecule has 1 aromatic carbocycles. The number of methoxy groups -OCH3 is 2. The Morgan fingerprint density at radius 1 is 1.12 bits per heavy atom. The summed E-state index contributed by atoms with van der Waals surface area (Å²) in [4.78, 5) is 11.9. The second-order valence-electron chi connectivity index (χ2n) is 3.53. The summed E-state index contributed by atoms with van der Waals surface area (Å²) in [5.74, 6) is 1.20. The zero-order valence-electron chi connectivity index (χ0n) is 9.48. The van der Waals surface area contributed by atoms with Gasteiger partial charge in [-0.15, -0.1) is 0 Å². The zero-order chi connectivity index (χ0) is 11.7. The number of aromatic nitrogens is 1. The molecule has 0 N–H and O–H groups in total. The van der Waals surface area contributed by atoms with Crippen LogP contribution >= 0.6 is 0 Å². The molecule has 0 fully saturated rings. The third-order valence-corrected chi connectivity index (χ3v) is 2.58. The molecule has 1 heterocycles. The zero-order valence-corrected chi connectivity index (χ0v) is 9.48. The van der Waals surface area contributed by atoms with Gasteiger partial charge >= 0.3 is 0 Å². The van der Waals surface area contributed by atoms with E-state index in [-0.39, 0.29) is 5.56 Å². The number of aryl methyl sites for hydroxylation is 1. The van der Waals surface area contributed by atoms with Crippen molar-refractivity contribution in [2.75, 3.05) is 14.2 Å². The van der Waals surface area contributed by atoms with Crippen molar-refractivity contribution in [3.63, 3.8) is 0 Å². The van der Waals surface area contributed by atoms with E-state index in [1.54, 1.807) is 39.6 Å². The lowest BCUT2D eigenvalue weighted by molar-refractivity contribution is 0.356. The highest BCUT2D eigenvalue weighted by Crippen LogP contribution is 2.30. The number of hydrogen-bond acceptors (Lipinski definition) is 3. The van der Waals surface area contributed by atoms with Crippen molar-refractivity contribution in [3.8, 4) is 11.5 Å². The molecule has 16 heavy (non-hydrogen) atoms. The van der Waals surface area contributed by atoms with Crippen LogP contribution in [0.4, 0.5) is 0 Å². The van der Waals surface area contributed by atoms with E-state index < -0.39 is 0 Å². The first-order valence-electron chi connectivity index (χ1n) is 4.88. The van der Waals surface area contributed by atoms with Crippen LogP contribution in [0.5, 0.6) is 11.5 Å². The van der Waals surface area contributed by atoms with E-state index in [1.807, 2.05) is 6.07 Å². The molecule has 0 atom stereocenters. The van der Waals surface area contributed by atoms with E-state index in [1.165, 1.54) is 4.57 Å². The Balaban J connectivity index is 2.84. The second-order valence-corrected chi connectivity index (χ2v) is 3.53. The Labute approximate surface area is 93.0 Å². The van der Waals surface area contributed by atoms with E-state index in [0.29, 0.717) is 16.9 Å². The fourth-order valence-electron chi connectivity index (χ4n) is 1.67. The van der Waals surface area contributed by atoms with Crippen LogP contribution < -0.4 is 15.0 Å². The highest BCUT2D eigenvalue weighted by molar-refractivity contribution is 5.85. The lowest BCUT2D eigenvalue weighted by Gasteiger charge is -2.09. The van der Waals surface area contributed by atoms with E-state index in [0.717, 1.165) is 5.39 Å². The SMILES string of the molecule is COc1cc2ccn(C)c(=O)c2cc1OC. The van der Waals surface area contributed by atoms with Crippen LogP contribution in [-0.2, 0) is 7.05 Å². The third kappa shape index (κ3) is 1.52. The van der Waals surface area contributed by atoms with Crippen molar-refractivity contribution >= 4 is 10.8 Å². The number of pyridine rings is 1. The highest BCUT2D eigenvalue weighted by Gasteiger charge is 2.08. The Kier molecular flexibility index (Phi) is 2.56. The number of fused-ring (bicyclic) bond motifs is 1. The van der Waals surface area contributed by atoms with Gasteiger partial charge in [-0.25, -0.2) is 0 Å². The fraction of sp³-hybridized carbons (Fsp3) is 0.250. The number of hydrogen-bond donors (Lipinski definition) is 0. The molecule has 0 saturated heterocycles. The number of ether oxygens (including phenoxy) is 2. The van der Waals surface area contributed by atoms with E-state index >= 15 is 0 Å². The molecule has 1 aromatic heterocycles. The lowest BCUT2D eigenvalue weighted by atomic mass is 10.1. The van der Waals surface area contributed by atoms with Crippen LogP contribution in [0.15, 0.2) is 29.2 Å². The molecule has 0 aliphatic carbocycles. The molecular formula is C12H13NO3. The molecule has 0 aliphatic heterocycles. The molecule has 0 amide bonds. The second kappa shape index (κ2) is 3.89. The van der Waals surface area contributed by atoms with Gasteiger partial charge in [-0.2, -0.15) is 0 Å². The van der Waals surface area contributed by atoms with Gasteiger partial charge in [0.1, 0.15) is 0 Å². The topological polar surface area (TPSA) is 40.5 Å². The van der Waals surface area contributed by atoms with Gasteiger partial charge in [0.05, 0.1) is 19.6 Å². The first-order valence-corrected chi connectivity index (χ1v) is 4.88. The molecule has 84 valence electrons. The summed E-state index contributed by atoms with van der Waals surface area (Å²) in [6.07, 6.45) is 1.73. The maximum Gasteiger partial charge on any atom is 0.258 e. The Bertz CT molecular complexity index is 587. The van der Waals surface area contributed by atoms with Crippen molar-refractivity contribution < 1.29 is 9.47 Å². The summed E-state index contributed by atoms with van der Waals surface area (Å²) in [6.45, 7) is 0. The van der Waals surface area contributed by atoms with Gasteiger partial charge in [-0.1, -0.05) is 0 Å². The van der Waals surface area contributed by atoms with Gasteiger partial charge in [0, 0.05) is 13.2 Å². The number of rotatable bonds is 2. The highest BCUT2D eigenvalue weighted by atomic mass is 16.5. The van der Waals surface area contributed by atoms with Crippen LogP contribution in [0.2, 0.25) is 0 Å². The minimum absolute atomic E-state index is 0.0431. The summed E-state index contributed by atoms with van der Waals surface area (Å²) in [5, 5.41) is 1.48. The molecule has 4 nitrogen and oxygen atoms in total. The smallest absolute Gasteiger partial charge is 0.258 e. The van der Waals surface area contributed by atoms with E-state index in [2.05, 4.69) is 0 Å². The van der Waals surface area contributed by atoms with Crippen LogP contribution in [0, 0.1) is 0 Å². The average molecular weight is 219 g/mol. The molecule has 0 saturated carbocycles. The largest absolute Gasteiger partial charge is 0.493 e. The van der Waals surface area contributed by atoms with Crippen molar-refractivity contribution in [2.24, 2.45) is 7.05 Å². The van der Waals surface area contributed by atoms with E-state index in [4.69, 9.17) is 9.47 Å². The van der Waals surface area contributed by atoms with Crippen molar-refractivity contribution in [1.82, 2.24) is 4.57 Å². The van der Waals surface area contributed by atoms with Crippen LogP contribution in [-0.4, -0.2) is 18.8 Å². The molecule has 0 radical (unpaired) electrons. The van der Waals surface area contributed by atoms with Gasteiger partial charge in [0.2, 0.25) is 0 Å². The van der Waals surface area contributed by atoms with Crippen molar-refractivity contribution in [3.05, 3.63) is 34.7 Å². The maximum absolute atomic E-state index is 11.9. The van der Waals surface area contributed by atoms with Crippen LogP contribution in [0.3, 0.4) is 0 Å². The number of benzene rings is 1. The molecule has 0 aliphatic rings. The molecule has 2 rings (SSSR count). The third-order valence-electron chi connectivity index (χ3n) is 2.58. The standard InChI is InChI=1S/C12H13NO3/c1-13-5-4-8-6-10(15-2)11(16-3)7-9(8)12(13)14/h4-7H,1-3H3. The molecule has 4 heteroatoms. The van der Waals surface area contributed by atoms with Crippen LogP contribution in [0.1, 0.15) is 0 Å². The predicted molar refractivity (Wildman–Crippen MR) is 62.3 cm³/mol. The van der Waals surface area contributed by atoms with Gasteiger partial charge in [-0.3, -0.25) is 4.79 Å². The Morgan fingerprint density at radius 3 is 2.38 bits per heavy atom. The molecule has 0 spiro atoms. The van der Waals surface area contributed by atoms with E-state index in [9.17, 15) is 4.79 Å². The summed E-state index contributed by atoms with van der Waals surface area (Å²) < 4.78 is 11.9. The van der Waals surface area contributed by atoms with Gasteiger partial charge in [-0.05, 0) is 23.6 Å². The fourth-order valence-corrected chi connectivity index (χ4v) is 1.67. The minimum atomic E-state index is -0.0431. The Hall–Kier alpha value is -1.97. The number of nitrogens with zero attached hydrogens (tertiary/aromatic N) is 1. The molecule has 2 aromatic rings. The quantitative estimate of drug-likeness (QED) is 0.769. The molecular weight excluding hydrogens is 206 g/mol. The minimum Gasteiger partial charge on any atom is -0.493 e. The van der Waals surface area contributed by atoms with Crippen molar-refractivity contribution in [2.45, 2.75) is 0 Å². The van der Waals surface area contributed by atoms with Gasteiger partial charge in [0.25, 0.3) is 5.56 Å². The van der Waals surface area contributed by atoms with Gasteiger partial charge < -0.3 is 14.0 Å². The first kappa shape index (κ1) is 10.5. The average Bonchev–Trinajstić information content (AvgIpc) is 2.32. The summed E-state index contributed by atoms with van der Waals surface area (Å²) >= 11 is 0. The maximum atomic E-state index is 11.9. The summed E-state index contributed by atoms with van der Waals surface area (Å²) in [5.41, 5.74) is -0.0431. The van der Waals surface area contributed by atoms with Gasteiger partial charge in [0.15, 0.2) is 11.5 Å². The first-order chi connectivity index (χ1) is 7.67. The normalized spacial score (nSPS) is 10.4. The van der Waals surface area contributed by atoms with Crippen LogP contribution in [0.25, 0.3) is 10.8 Å². The molecule has 0 bridgehead atoms.